The third-order valence-corrected chi connectivity index (χ3v) is 3.86. The van der Waals surface area contributed by atoms with Gasteiger partial charge in [-0.15, -0.1) is 0 Å². The summed E-state index contributed by atoms with van der Waals surface area (Å²) in [6.45, 7) is 7.46. The van der Waals surface area contributed by atoms with Crippen LogP contribution in [0.5, 0.6) is 0 Å². The van der Waals surface area contributed by atoms with E-state index in [1.807, 2.05) is 12.1 Å². The highest BCUT2D eigenvalue weighted by atomic mass is 79.9. The van der Waals surface area contributed by atoms with E-state index >= 15 is 0 Å². The molecule has 0 saturated heterocycles. The van der Waals surface area contributed by atoms with Gasteiger partial charge in [0.1, 0.15) is 5.76 Å². The predicted molar refractivity (Wildman–Crippen MR) is 82.5 cm³/mol. The molecule has 0 fully saturated rings. The Morgan fingerprint density at radius 1 is 1.21 bits per heavy atom. The molecule has 0 aliphatic rings. The van der Waals surface area contributed by atoms with Crippen molar-refractivity contribution in [3.63, 3.8) is 0 Å². The molecule has 19 heavy (non-hydrogen) atoms. The summed E-state index contributed by atoms with van der Waals surface area (Å²) in [5.74, 6) is 0.953. The Morgan fingerprint density at radius 3 is 2.63 bits per heavy atom. The van der Waals surface area contributed by atoms with Crippen molar-refractivity contribution >= 4 is 15.9 Å². The van der Waals surface area contributed by atoms with Crippen molar-refractivity contribution in [3.05, 3.63) is 57.5 Å². The van der Waals surface area contributed by atoms with Crippen molar-refractivity contribution in [2.75, 3.05) is 6.54 Å². The summed E-state index contributed by atoms with van der Waals surface area (Å²) >= 11 is 3.38. The van der Waals surface area contributed by atoms with Gasteiger partial charge in [-0.1, -0.05) is 25.1 Å². The first kappa shape index (κ1) is 14.4. The second-order valence-corrected chi connectivity index (χ2v) is 5.60. The first-order valence-electron chi connectivity index (χ1n) is 6.68. The summed E-state index contributed by atoms with van der Waals surface area (Å²) in [6, 6.07) is 10.5. The van der Waals surface area contributed by atoms with E-state index < -0.39 is 0 Å². The molecule has 2 rings (SSSR count). The minimum Gasteiger partial charge on any atom is -0.452 e. The SMILES string of the molecule is CCCNC(c1ccc(Br)o1)c1cccc(C)c1C. The monoisotopic (exact) mass is 321 g/mol. The van der Waals surface area contributed by atoms with E-state index in [9.17, 15) is 0 Å². The molecule has 2 aromatic rings. The topological polar surface area (TPSA) is 25.2 Å². The lowest BCUT2D eigenvalue weighted by atomic mass is 9.96. The summed E-state index contributed by atoms with van der Waals surface area (Å²) in [5.41, 5.74) is 3.92. The Morgan fingerprint density at radius 2 is 2.00 bits per heavy atom. The molecule has 1 aromatic carbocycles. The van der Waals surface area contributed by atoms with Gasteiger partial charge < -0.3 is 9.73 Å². The molecule has 102 valence electrons. The van der Waals surface area contributed by atoms with Gasteiger partial charge in [-0.05, 0) is 71.6 Å². The summed E-state index contributed by atoms with van der Waals surface area (Å²) < 4.78 is 6.52. The molecule has 1 unspecified atom stereocenters. The molecule has 0 amide bonds. The highest BCUT2D eigenvalue weighted by molar-refractivity contribution is 9.10. The normalized spacial score (nSPS) is 12.6. The van der Waals surface area contributed by atoms with Crippen molar-refractivity contribution in [2.45, 2.75) is 33.2 Å². The molecule has 1 atom stereocenters. The van der Waals surface area contributed by atoms with Crippen LogP contribution in [0.15, 0.2) is 39.4 Å². The molecule has 0 radical (unpaired) electrons. The van der Waals surface area contributed by atoms with Crippen LogP contribution in [0, 0.1) is 13.8 Å². The number of benzene rings is 1. The van der Waals surface area contributed by atoms with Gasteiger partial charge in [0.15, 0.2) is 4.67 Å². The van der Waals surface area contributed by atoms with Gasteiger partial charge in [-0.25, -0.2) is 0 Å². The van der Waals surface area contributed by atoms with Gasteiger partial charge in [0, 0.05) is 0 Å². The molecule has 1 heterocycles. The van der Waals surface area contributed by atoms with E-state index in [1.165, 1.54) is 16.7 Å². The van der Waals surface area contributed by atoms with Gasteiger partial charge >= 0.3 is 0 Å². The average molecular weight is 322 g/mol. The lowest BCUT2D eigenvalue weighted by Gasteiger charge is -2.20. The molecule has 0 spiro atoms. The Hall–Kier alpha value is -1.06. The maximum absolute atomic E-state index is 5.75. The second kappa shape index (κ2) is 6.40. The average Bonchev–Trinajstić information content (AvgIpc) is 2.81. The smallest absolute Gasteiger partial charge is 0.169 e. The number of hydrogen-bond donors (Lipinski definition) is 1. The minimum atomic E-state index is 0.117. The predicted octanol–water partition coefficient (Wildman–Crippen LogP) is 4.75. The van der Waals surface area contributed by atoms with E-state index in [1.54, 1.807) is 0 Å². The molecule has 0 aliphatic heterocycles. The highest BCUT2D eigenvalue weighted by Crippen LogP contribution is 2.29. The number of furan rings is 1. The lowest BCUT2D eigenvalue weighted by molar-refractivity contribution is 0.432. The molecule has 2 nitrogen and oxygen atoms in total. The standard InChI is InChI=1S/C16H20BrNO/c1-4-10-18-16(14-8-9-15(17)19-14)13-7-5-6-11(2)12(13)3/h5-9,16,18H,4,10H2,1-3H3. The van der Waals surface area contributed by atoms with Crippen molar-refractivity contribution < 1.29 is 4.42 Å². The fraction of sp³-hybridized carbons (Fsp3) is 0.375. The minimum absolute atomic E-state index is 0.117. The second-order valence-electron chi connectivity index (χ2n) is 4.82. The zero-order chi connectivity index (χ0) is 13.8. The Balaban J connectivity index is 2.39. The number of hydrogen-bond acceptors (Lipinski definition) is 2. The largest absolute Gasteiger partial charge is 0.452 e. The van der Waals surface area contributed by atoms with Crippen LogP contribution in [0.25, 0.3) is 0 Å². The van der Waals surface area contributed by atoms with E-state index in [0.717, 1.165) is 23.4 Å². The van der Waals surface area contributed by atoms with Crippen LogP contribution in [0.4, 0.5) is 0 Å². The first-order valence-corrected chi connectivity index (χ1v) is 7.47. The van der Waals surface area contributed by atoms with Crippen LogP contribution in [0.1, 0.15) is 41.8 Å². The summed E-state index contributed by atoms with van der Waals surface area (Å²) in [4.78, 5) is 0. The van der Waals surface area contributed by atoms with Gasteiger partial charge in [0.2, 0.25) is 0 Å². The third-order valence-electron chi connectivity index (χ3n) is 3.43. The quantitative estimate of drug-likeness (QED) is 0.859. The molecular weight excluding hydrogens is 302 g/mol. The van der Waals surface area contributed by atoms with Gasteiger partial charge in [-0.2, -0.15) is 0 Å². The number of nitrogens with one attached hydrogen (secondary N) is 1. The van der Waals surface area contributed by atoms with Gasteiger partial charge in [0.25, 0.3) is 0 Å². The van der Waals surface area contributed by atoms with E-state index in [2.05, 4.69) is 60.2 Å². The molecule has 3 heteroatoms. The van der Waals surface area contributed by atoms with Crippen LogP contribution in [-0.2, 0) is 0 Å². The molecular formula is C16H20BrNO. The van der Waals surface area contributed by atoms with Crippen LogP contribution in [0.2, 0.25) is 0 Å². The maximum Gasteiger partial charge on any atom is 0.169 e. The lowest BCUT2D eigenvalue weighted by Crippen LogP contribution is -2.23. The van der Waals surface area contributed by atoms with Crippen molar-refractivity contribution in [2.24, 2.45) is 0 Å². The zero-order valence-corrected chi connectivity index (χ0v) is 13.3. The summed E-state index contributed by atoms with van der Waals surface area (Å²) in [6.07, 6.45) is 1.10. The van der Waals surface area contributed by atoms with E-state index in [-0.39, 0.29) is 6.04 Å². The Kier molecular flexibility index (Phi) is 4.83. The van der Waals surface area contributed by atoms with Crippen molar-refractivity contribution in [3.8, 4) is 0 Å². The van der Waals surface area contributed by atoms with Crippen molar-refractivity contribution in [1.82, 2.24) is 5.32 Å². The van der Waals surface area contributed by atoms with Crippen LogP contribution >= 0.6 is 15.9 Å². The first-order chi connectivity index (χ1) is 9.13. The van der Waals surface area contributed by atoms with E-state index in [0.29, 0.717) is 0 Å². The molecule has 0 bridgehead atoms. The van der Waals surface area contributed by atoms with Crippen LogP contribution < -0.4 is 5.32 Å². The zero-order valence-electron chi connectivity index (χ0n) is 11.7. The molecule has 1 aromatic heterocycles. The summed E-state index contributed by atoms with van der Waals surface area (Å²) in [7, 11) is 0. The Bertz CT molecular complexity index is 547. The van der Waals surface area contributed by atoms with Crippen LogP contribution in [-0.4, -0.2) is 6.54 Å². The molecule has 0 aliphatic carbocycles. The van der Waals surface area contributed by atoms with Crippen molar-refractivity contribution in [1.29, 1.82) is 0 Å². The molecule has 0 saturated carbocycles. The highest BCUT2D eigenvalue weighted by Gasteiger charge is 2.19. The van der Waals surface area contributed by atoms with Crippen LogP contribution in [0.3, 0.4) is 0 Å². The van der Waals surface area contributed by atoms with Gasteiger partial charge in [-0.3, -0.25) is 0 Å². The fourth-order valence-electron chi connectivity index (χ4n) is 2.22. The number of rotatable bonds is 5. The molecule has 1 N–H and O–H groups in total. The van der Waals surface area contributed by atoms with E-state index in [4.69, 9.17) is 4.42 Å². The Labute approximate surface area is 123 Å². The third kappa shape index (κ3) is 3.28. The number of aryl methyl sites for hydroxylation is 1. The maximum atomic E-state index is 5.75. The number of halogens is 1. The fourth-order valence-corrected chi connectivity index (χ4v) is 2.54. The summed E-state index contributed by atoms with van der Waals surface area (Å²) in [5, 5.41) is 3.57. The van der Waals surface area contributed by atoms with Gasteiger partial charge in [0.05, 0.1) is 6.04 Å².